The maximum atomic E-state index is 13.2. The van der Waals surface area contributed by atoms with Gasteiger partial charge in [-0.2, -0.15) is 0 Å². The van der Waals surface area contributed by atoms with Crippen molar-refractivity contribution in [3.05, 3.63) is 29.3 Å². The number of phenols is 1. The quantitative estimate of drug-likeness (QED) is 0.627. The van der Waals surface area contributed by atoms with Crippen LogP contribution in [0.4, 0.5) is 4.79 Å². The Morgan fingerprint density at radius 2 is 1.73 bits per heavy atom. The first-order valence-corrected chi connectivity index (χ1v) is 10.2. The molecule has 1 rings (SSSR count). The molecule has 30 heavy (non-hydrogen) atoms. The maximum absolute atomic E-state index is 13.2. The topological polar surface area (TPSA) is 108 Å². The molecule has 2 atom stereocenters. The molecule has 0 saturated carbocycles. The third kappa shape index (κ3) is 7.24. The number of hydrogen-bond donors (Lipinski definition) is 3. The second-order valence-electron chi connectivity index (χ2n) is 8.60. The summed E-state index contributed by atoms with van der Waals surface area (Å²) in [5.41, 5.74) is 0.474. The number of nitrogens with one attached hydrogen (secondary N) is 2. The van der Waals surface area contributed by atoms with Crippen molar-refractivity contribution in [1.29, 1.82) is 0 Å². The first-order chi connectivity index (χ1) is 13.8. The molecule has 3 N–H and O–H groups in total. The number of benzene rings is 1. The van der Waals surface area contributed by atoms with Crippen molar-refractivity contribution in [3.8, 4) is 5.75 Å². The van der Waals surface area contributed by atoms with Crippen LogP contribution in [0.25, 0.3) is 0 Å². The zero-order valence-electron chi connectivity index (χ0n) is 19.2. The summed E-state index contributed by atoms with van der Waals surface area (Å²) in [6, 6.07) is 2.88. The summed E-state index contributed by atoms with van der Waals surface area (Å²) in [5.74, 6) is -0.649. The van der Waals surface area contributed by atoms with E-state index >= 15 is 0 Å². The van der Waals surface area contributed by atoms with Crippen LogP contribution in [0.15, 0.2) is 18.2 Å². The number of nitrogens with zero attached hydrogens (tertiary/aromatic N) is 1. The molecule has 0 bridgehead atoms. The van der Waals surface area contributed by atoms with Gasteiger partial charge in [0.05, 0.1) is 0 Å². The third-order valence-corrected chi connectivity index (χ3v) is 4.25. The van der Waals surface area contributed by atoms with E-state index in [0.29, 0.717) is 11.1 Å². The molecule has 0 heterocycles. The minimum atomic E-state index is -0.910. The van der Waals surface area contributed by atoms with E-state index in [-0.39, 0.29) is 24.2 Å². The number of carbonyl (C=O) groups excluding carboxylic acids is 3. The van der Waals surface area contributed by atoms with Gasteiger partial charge in [-0.25, -0.2) is 4.79 Å². The predicted octanol–water partition coefficient (Wildman–Crippen LogP) is 3.03. The van der Waals surface area contributed by atoms with Gasteiger partial charge in [-0.05, 0) is 78.6 Å². The SMILES string of the molecule is CCN(C(=O)C(C)NC(=O)OC(C)(C)C)C(C(=O)NC(C)C)c1ccc(O)c(C)c1. The number of likely N-dealkylation sites (N-methyl/N-ethyl adjacent to an activating group) is 1. The summed E-state index contributed by atoms with van der Waals surface area (Å²) < 4.78 is 5.22. The minimum Gasteiger partial charge on any atom is -0.508 e. The van der Waals surface area contributed by atoms with Gasteiger partial charge in [0, 0.05) is 12.6 Å². The Morgan fingerprint density at radius 3 is 2.20 bits per heavy atom. The summed E-state index contributed by atoms with van der Waals surface area (Å²) >= 11 is 0. The Labute approximate surface area is 179 Å². The largest absolute Gasteiger partial charge is 0.508 e. The van der Waals surface area contributed by atoms with Gasteiger partial charge in [0.15, 0.2) is 0 Å². The maximum Gasteiger partial charge on any atom is 0.408 e. The number of alkyl carbamates (subject to hydrolysis) is 1. The Bertz CT molecular complexity index is 771. The highest BCUT2D eigenvalue weighted by Gasteiger charge is 2.34. The van der Waals surface area contributed by atoms with Crippen LogP contribution in [0, 0.1) is 6.92 Å². The molecule has 0 aromatic heterocycles. The molecule has 0 fully saturated rings. The van der Waals surface area contributed by atoms with Crippen molar-refractivity contribution in [3.63, 3.8) is 0 Å². The zero-order chi connectivity index (χ0) is 23.2. The van der Waals surface area contributed by atoms with Gasteiger partial charge < -0.3 is 25.4 Å². The summed E-state index contributed by atoms with van der Waals surface area (Å²) in [4.78, 5) is 39.6. The fraction of sp³-hybridized carbons (Fsp3) is 0.591. The standard InChI is InChI=1S/C22H35N3O5/c1-9-25(20(28)15(5)24-21(29)30-22(6,7)8)18(19(27)23-13(2)3)16-10-11-17(26)14(4)12-16/h10-13,15,18,26H,9H2,1-8H3,(H,23,27)(H,24,29). The average Bonchev–Trinajstić information content (AvgIpc) is 2.59. The molecule has 8 nitrogen and oxygen atoms in total. The molecule has 3 amide bonds. The molecule has 0 saturated heterocycles. The molecule has 0 aliphatic carbocycles. The van der Waals surface area contributed by atoms with Gasteiger partial charge in [0.25, 0.3) is 0 Å². The van der Waals surface area contributed by atoms with Gasteiger partial charge in [0.2, 0.25) is 11.8 Å². The number of aryl methyl sites for hydroxylation is 1. The van der Waals surface area contributed by atoms with Crippen molar-refractivity contribution >= 4 is 17.9 Å². The van der Waals surface area contributed by atoms with Crippen LogP contribution >= 0.6 is 0 Å². The lowest BCUT2D eigenvalue weighted by molar-refractivity contribution is -0.142. The molecule has 168 valence electrons. The van der Waals surface area contributed by atoms with E-state index in [1.165, 1.54) is 11.0 Å². The molecule has 1 aromatic rings. The summed E-state index contributed by atoms with van der Waals surface area (Å²) in [7, 11) is 0. The smallest absolute Gasteiger partial charge is 0.408 e. The van der Waals surface area contributed by atoms with Crippen LogP contribution in [-0.4, -0.2) is 52.1 Å². The number of ether oxygens (including phenoxy) is 1. The molecule has 0 aliphatic rings. The number of amides is 3. The molecule has 0 radical (unpaired) electrons. The Kier molecular flexibility index (Phi) is 8.69. The van der Waals surface area contributed by atoms with E-state index in [0.717, 1.165) is 0 Å². The number of hydrogen-bond acceptors (Lipinski definition) is 5. The van der Waals surface area contributed by atoms with Crippen LogP contribution in [0.5, 0.6) is 5.75 Å². The Balaban J connectivity index is 3.21. The summed E-state index contributed by atoms with van der Waals surface area (Å²) in [5, 5.41) is 15.2. The molecule has 8 heteroatoms. The van der Waals surface area contributed by atoms with Crippen LogP contribution in [0.3, 0.4) is 0 Å². The van der Waals surface area contributed by atoms with Crippen molar-refractivity contribution in [2.24, 2.45) is 0 Å². The third-order valence-electron chi connectivity index (χ3n) is 4.25. The van der Waals surface area contributed by atoms with Gasteiger partial charge in [0.1, 0.15) is 23.4 Å². The summed E-state index contributed by atoms with van der Waals surface area (Å²) in [6.07, 6.45) is -0.705. The fourth-order valence-electron chi connectivity index (χ4n) is 2.95. The van der Waals surface area contributed by atoms with Crippen LogP contribution < -0.4 is 10.6 Å². The second kappa shape index (κ2) is 10.3. The highest BCUT2D eigenvalue weighted by atomic mass is 16.6. The van der Waals surface area contributed by atoms with Crippen molar-refractivity contribution in [2.45, 2.75) is 79.1 Å². The van der Waals surface area contributed by atoms with E-state index < -0.39 is 29.7 Å². The minimum absolute atomic E-state index is 0.108. The molecule has 2 unspecified atom stereocenters. The van der Waals surface area contributed by atoms with Gasteiger partial charge in [-0.3, -0.25) is 9.59 Å². The first-order valence-electron chi connectivity index (χ1n) is 10.2. The van der Waals surface area contributed by atoms with E-state index in [1.807, 2.05) is 13.8 Å². The highest BCUT2D eigenvalue weighted by molar-refractivity contribution is 5.92. The predicted molar refractivity (Wildman–Crippen MR) is 115 cm³/mol. The van der Waals surface area contributed by atoms with Crippen molar-refractivity contribution in [1.82, 2.24) is 15.5 Å². The first kappa shape index (κ1) is 25.3. The molecule has 1 aromatic carbocycles. The number of rotatable bonds is 7. The van der Waals surface area contributed by atoms with Gasteiger partial charge in [-0.1, -0.05) is 6.07 Å². The normalized spacial score (nSPS) is 13.4. The van der Waals surface area contributed by atoms with Crippen molar-refractivity contribution in [2.75, 3.05) is 6.54 Å². The van der Waals surface area contributed by atoms with Crippen LogP contribution in [-0.2, 0) is 14.3 Å². The van der Waals surface area contributed by atoms with E-state index in [1.54, 1.807) is 53.7 Å². The molecular formula is C22H35N3O5. The van der Waals surface area contributed by atoms with E-state index in [9.17, 15) is 19.5 Å². The lowest BCUT2D eigenvalue weighted by Gasteiger charge is -2.33. The number of carbonyl (C=O) groups is 3. The monoisotopic (exact) mass is 421 g/mol. The van der Waals surface area contributed by atoms with Gasteiger partial charge >= 0.3 is 6.09 Å². The zero-order valence-corrected chi connectivity index (χ0v) is 19.2. The number of aromatic hydroxyl groups is 1. The summed E-state index contributed by atoms with van der Waals surface area (Å²) in [6.45, 7) is 14.2. The van der Waals surface area contributed by atoms with Crippen LogP contribution in [0.1, 0.15) is 65.6 Å². The van der Waals surface area contributed by atoms with E-state index in [2.05, 4.69) is 10.6 Å². The van der Waals surface area contributed by atoms with Gasteiger partial charge in [-0.15, -0.1) is 0 Å². The average molecular weight is 422 g/mol. The highest BCUT2D eigenvalue weighted by Crippen LogP contribution is 2.27. The number of phenolic OH excluding ortho intramolecular Hbond substituents is 1. The Morgan fingerprint density at radius 1 is 1.13 bits per heavy atom. The van der Waals surface area contributed by atoms with Crippen LogP contribution in [0.2, 0.25) is 0 Å². The molecular weight excluding hydrogens is 386 g/mol. The second-order valence-corrected chi connectivity index (χ2v) is 8.60. The lowest BCUT2D eigenvalue weighted by atomic mass is 10.00. The van der Waals surface area contributed by atoms with Crippen molar-refractivity contribution < 1.29 is 24.2 Å². The van der Waals surface area contributed by atoms with E-state index in [4.69, 9.17) is 4.74 Å². The fourth-order valence-corrected chi connectivity index (χ4v) is 2.95. The Hall–Kier alpha value is -2.77. The molecule has 0 spiro atoms. The lowest BCUT2D eigenvalue weighted by Crippen LogP contribution is -2.52. The molecule has 0 aliphatic heterocycles.